The topological polar surface area (TPSA) is 137 Å². The van der Waals surface area contributed by atoms with Crippen molar-refractivity contribution in [2.75, 3.05) is 171 Å². The molecule has 0 N–H and O–H groups in total. The van der Waals surface area contributed by atoms with Gasteiger partial charge in [0.2, 0.25) is 0 Å². The predicted molar refractivity (Wildman–Crippen MR) is 176 cm³/mol. The van der Waals surface area contributed by atoms with Gasteiger partial charge in [-0.05, 0) is 6.42 Å². The van der Waals surface area contributed by atoms with Crippen LogP contribution in [0.5, 0.6) is 0 Å². The van der Waals surface area contributed by atoms with Crippen LogP contribution in [0.3, 0.4) is 0 Å². The van der Waals surface area contributed by atoms with Crippen molar-refractivity contribution < 1.29 is 66.4 Å². The number of unbranched alkanes of at least 4 members (excludes halogenated alkanes) is 2. The molecule has 14 nitrogen and oxygen atoms in total. The van der Waals surface area contributed by atoms with E-state index in [1.807, 2.05) is 0 Å². The first kappa shape index (κ1) is 46.3. The summed E-state index contributed by atoms with van der Waals surface area (Å²) in [6, 6.07) is 0. The highest BCUT2D eigenvalue weighted by molar-refractivity contribution is 6.17. The van der Waals surface area contributed by atoms with Crippen LogP contribution >= 0.6 is 11.6 Å². The predicted octanol–water partition coefficient (Wildman–Crippen LogP) is 2.55. The zero-order chi connectivity index (χ0) is 34.0. The fraction of sp³-hybridized carbons (Fsp3) is 0.969. The lowest BCUT2D eigenvalue weighted by Gasteiger charge is -2.09. The molecule has 0 aliphatic carbocycles. The number of alkyl halides is 1. The van der Waals surface area contributed by atoms with E-state index in [9.17, 15) is 4.79 Å². The van der Waals surface area contributed by atoms with Crippen molar-refractivity contribution in [3.63, 3.8) is 0 Å². The van der Waals surface area contributed by atoms with E-state index in [0.717, 1.165) is 19.3 Å². The molecule has 0 aromatic carbocycles. The molecule has 0 aliphatic rings. The minimum atomic E-state index is -0.161. The summed E-state index contributed by atoms with van der Waals surface area (Å²) < 4.78 is 70.1. The van der Waals surface area contributed by atoms with E-state index < -0.39 is 0 Å². The Balaban J connectivity index is 3.07. The normalized spacial score (nSPS) is 11.4. The smallest absolute Gasteiger partial charge is 0.305 e. The van der Waals surface area contributed by atoms with Crippen LogP contribution in [-0.2, 0) is 66.4 Å². The minimum Gasteiger partial charge on any atom is -0.463 e. The van der Waals surface area contributed by atoms with Crippen molar-refractivity contribution in [3.05, 3.63) is 0 Å². The van der Waals surface area contributed by atoms with Crippen LogP contribution < -0.4 is 0 Å². The second-order valence-electron chi connectivity index (χ2n) is 9.72. The molecule has 0 saturated heterocycles. The SMILES string of the molecule is CCCCCC(=O)OCCOCCOCCOCCOCCOCCOCCOCCOCCOCCOCCOCCOCCCl. The summed E-state index contributed by atoms with van der Waals surface area (Å²) in [5.41, 5.74) is 0. The number of rotatable bonds is 42. The minimum absolute atomic E-state index is 0.161. The van der Waals surface area contributed by atoms with Crippen LogP contribution in [0.25, 0.3) is 0 Å². The van der Waals surface area contributed by atoms with Gasteiger partial charge in [-0.25, -0.2) is 0 Å². The number of carbonyl (C=O) groups excluding carboxylic acids is 1. The van der Waals surface area contributed by atoms with Crippen molar-refractivity contribution in [2.45, 2.75) is 32.6 Å². The average molecular weight is 707 g/mol. The Morgan fingerprint density at radius 2 is 0.596 bits per heavy atom. The summed E-state index contributed by atoms with van der Waals surface area (Å²) in [5, 5.41) is 0. The van der Waals surface area contributed by atoms with Gasteiger partial charge in [-0.2, -0.15) is 0 Å². The molecule has 0 aromatic rings. The van der Waals surface area contributed by atoms with Gasteiger partial charge in [0.15, 0.2) is 0 Å². The monoisotopic (exact) mass is 706 g/mol. The van der Waals surface area contributed by atoms with Crippen LogP contribution in [0.15, 0.2) is 0 Å². The summed E-state index contributed by atoms with van der Waals surface area (Å²) in [7, 11) is 0. The van der Waals surface area contributed by atoms with Crippen molar-refractivity contribution in [2.24, 2.45) is 0 Å². The fourth-order valence-corrected chi connectivity index (χ4v) is 3.49. The van der Waals surface area contributed by atoms with Gasteiger partial charge in [0, 0.05) is 12.3 Å². The molecule has 15 heteroatoms. The highest BCUT2D eigenvalue weighted by atomic mass is 35.5. The summed E-state index contributed by atoms with van der Waals surface area (Å²) in [6.07, 6.45) is 3.49. The number of halogens is 1. The molecule has 0 amide bonds. The molecule has 0 spiro atoms. The van der Waals surface area contributed by atoms with E-state index in [-0.39, 0.29) is 12.6 Å². The first-order valence-electron chi connectivity index (χ1n) is 17.0. The Morgan fingerprint density at radius 3 is 0.830 bits per heavy atom. The molecule has 47 heavy (non-hydrogen) atoms. The summed E-state index contributed by atoms with van der Waals surface area (Å²) in [4.78, 5) is 11.5. The van der Waals surface area contributed by atoms with Gasteiger partial charge in [0.25, 0.3) is 0 Å². The molecule has 0 aromatic heterocycles. The Labute approximate surface area is 287 Å². The molecule has 282 valence electrons. The number of carbonyl (C=O) groups is 1. The van der Waals surface area contributed by atoms with Crippen molar-refractivity contribution in [1.29, 1.82) is 0 Å². The van der Waals surface area contributed by atoms with E-state index >= 15 is 0 Å². The van der Waals surface area contributed by atoms with Gasteiger partial charge in [0.05, 0.1) is 159 Å². The lowest BCUT2D eigenvalue weighted by molar-refractivity contribution is -0.145. The third-order valence-corrected chi connectivity index (χ3v) is 5.94. The quantitative estimate of drug-likeness (QED) is 0.0522. The summed E-state index contributed by atoms with van der Waals surface area (Å²) in [5.74, 6) is 0.334. The van der Waals surface area contributed by atoms with Crippen LogP contribution in [0.1, 0.15) is 32.6 Å². The average Bonchev–Trinajstić information content (AvgIpc) is 3.08. The Morgan fingerprint density at radius 1 is 0.362 bits per heavy atom. The molecule has 0 saturated carbocycles. The van der Waals surface area contributed by atoms with E-state index in [1.54, 1.807) is 0 Å². The lowest BCUT2D eigenvalue weighted by atomic mass is 10.2. The highest BCUT2D eigenvalue weighted by Gasteiger charge is 2.02. The third-order valence-electron chi connectivity index (χ3n) is 5.79. The summed E-state index contributed by atoms with van der Waals surface area (Å²) >= 11 is 5.51. The van der Waals surface area contributed by atoms with E-state index in [1.165, 1.54) is 0 Å². The van der Waals surface area contributed by atoms with Gasteiger partial charge >= 0.3 is 5.97 Å². The van der Waals surface area contributed by atoms with Gasteiger partial charge in [-0.3, -0.25) is 4.79 Å². The van der Waals surface area contributed by atoms with Crippen molar-refractivity contribution >= 4 is 17.6 Å². The molecular formula is C32H63ClO14. The van der Waals surface area contributed by atoms with Crippen LogP contribution in [0.2, 0.25) is 0 Å². The van der Waals surface area contributed by atoms with E-state index in [0.29, 0.717) is 171 Å². The van der Waals surface area contributed by atoms with Crippen molar-refractivity contribution in [1.82, 2.24) is 0 Å². The van der Waals surface area contributed by atoms with Gasteiger partial charge < -0.3 is 61.6 Å². The largest absolute Gasteiger partial charge is 0.463 e. The molecule has 0 fully saturated rings. The summed E-state index contributed by atoms with van der Waals surface area (Å²) in [6.45, 7) is 14.4. The van der Waals surface area contributed by atoms with Gasteiger partial charge in [-0.1, -0.05) is 19.8 Å². The molecule has 0 atom stereocenters. The molecule has 0 aliphatic heterocycles. The van der Waals surface area contributed by atoms with Crippen LogP contribution in [-0.4, -0.2) is 177 Å². The second kappa shape index (κ2) is 43.3. The zero-order valence-corrected chi connectivity index (χ0v) is 29.6. The molecular weight excluding hydrogens is 644 g/mol. The molecule has 0 rings (SSSR count). The first-order chi connectivity index (χ1) is 23.3. The van der Waals surface area contributed by atoms with Gasteiger partial charge in [0.1, 0.15) is 6.61 Å². The highest BCUT2D eigenvalue weighted by Crippen LogP contribution is 2.00. The number of ether oxygens (including phenoxy) is 13. The maximum Gasteiger partial charge on any atom is 0.305 e. The van der Waals surface area contributed by atoms with Gasteiger partial charge in [-0.15, -0.1) is 11.6 Å². The number of hydrogen-bond donors (Lipinski definition) is 0. The maximum absolute atomic E-state index is 11.5. The Bertz CT molecular complexity index is 594. The standard InChI is InChI=1S/C32H63ClO14/c1-2-3-4-5-32(34)47-31-30-46-29-28-45-27-26-44-25-24-43-23-22-42-21-20-41-19-18-40-17-16-39-15-14-38-13-12-37-11-10-36-9-8-35-7-6-33/h2-31H2,1H3. The molecule has 0 radical (unpaired) electrons. The number of hydrogen-bond acceptors (Lipinski definition) is 14. The van der Waals surface area contributed by atoms with Crippen LogP contribution in [0, 0.1) is 0 Å². The third kappa shape index (κ3) is 43.3. The van der Waals surface area contributed by atoms with E-state index in [4.69, 9.17) is 73.2 Å². The van der Waals surface area contributed by atoms with Crippen molar-refractivity contribution in [3.8, 4) is 0 Å². The molecule has 0 bridgehead atoms. The second-order valence-corrected chi connectivity index (χ2v) is 10.1. The first-order valence-corrected chi connectivity index (χ1v) is 17.5. The molecule has 0 unspecified atom stereocenters. The lowest BCUT2D eigenvalue weighted by Crippen LogP contribution is -2.15. The Hall–Kier alpha value is -0.720. The molecule has 0 heterocycles. The fourth-order valence-electron chi connectivity index (χ4n) is 3.38. The number of esters is 1. The maximum atomic E-state index is 11.5. The van der Waals surface area contributed by atoms with Crippen LogP contribution in [0.4, 0.5) is 0 Å². The Kier molecular flexibility index (Phi) is 42.6. The van der Waals surface area contributed by atoms with E-state index in [2.05, 4.69) is 6.92 Å². The zero-order valence-electron chi connectivity index (χ0n) is 28.8.